The lowest BCUT2D eigenvalue weighted by Crippen LogP contribution is -2.30. The van der Waals surface area contributed by atoms with E-state index < -0.39 is 0 Å². The van der Waals surface area contributed by atoms with Crippen LogP contribution in [0.5, 0.6) is 0 Å². The van der Waals surface area contributed by atoms with Gasteiger partial charge in [0.05, 0.1) is 6.10 Å². The van der Waals surface area contributed by atoms with E-state index in [-0.39, 0.29) is 17.6 Å². The van der Waals surface area contributed by atoms with Crippen molar-refractivity contribution in [3.8, 4) is 11.1 Å². The third kappa shape index (κ3) is 8.13. The highest BCUT2D eigenvalue weighted by Gasteiger charge is 2.17. The quantitative estimate of drug-likeness (QED) is 0.515. The number of ether oxygens (including phenoxy) is 1. The average Bonchev–Trinajstić information content (AvgIpc) is 2.67. The Morgan fingerprint density at radius 1 is 1.00 bits per heavy atom. The molecule has 0 aliphatic heterocycles. The molecule has 1 atom stereocenters. The van der Waals surface area contributed by atoms with E-state index in [4.69, 9.17) is 4.74 Å². The number of benzene rings is 2. The van der Waals surface area contributed by atoms with Crippen molar-refractivity contribution in [2.24, 2.45) is 5.41 Å². The van der Waals surface area contributed by atoms with Gasteiger partial charge < -0.3 is 15.4 Å². The number of rotatable bonds is 9. The lowest BCUT2D eigenvalue weighted by molar-refractivity contribution is 0.0227. The number of hydrogen-bond donors (Lipinski definition) is 2. The summed E-state index contributed by atoms with van der Waals surface area (Å²) in [7, 11) is 0. The Hall–Kier alpha value is -2.33. The molecule has 2 aromatic rings. The first kappa shape index (κ1) is 22.0. The third-order valence-electron chi connectivity index (χ3n) is 4.51. The van der Waals surface area contributed by atoms with Crippen molar-refractivity contribution in [3.05, 3.63) is 54.6 Å². The number of anilines is 1. The zero-order chi connectivity index (χ0) is 20.4. The maximum Gasteiger partial charge on any atom is 0.319 e. The molecule has 0 bridgehead atoms. The highest BCUT2D eigenvalue weighted by molar-refractivity contribution is 5.89. The van der Waals surface area contributed by atoms with Gasteiger partial charge in [0.15, 0.2) is 0 Å². The Morgan fingerprint density at radius 2 is 1.64 bits per heavy atom. The summed E-state index contributed by atoms with van der Waals surface area (Å²) in [5, 5.41) is 5.76. The SMILES string of the molecule is CCC(CC(C)(C)C)OCCCNC(=O)Nc1ccc(-c2ccccc2)cc1. The minimum Gasteiger partial charge on any atom is -0.378 e. The molecule has 0 fully saturated rings. The zero-order valence-corrected chi connectivity index (χ0v) is 17.6. The van der Waals surface area contributed by atoms with Crippen molar-refractivity contribution >= 4 is 11.7 Å². The van der Waals surface area contributed by atoms with Crippen LogP contribution in [-0.2, 0) is 4.74 Å². The smallest absolute Gasteiger partial charge is 0.319 e. The van der Waals surface area contributed by atoms with Crippen LogP contribution < -0.4 is 10.6 Å². The minimum absolute atomic E-state index is 0.186. The summed E-state index contributed by atoms with van der Waals surface area (Å²) >= 11 is 0. The topological polar surface area (TPSA) is 50.4 Å². The maximum absolute atomic E-state index is 12.0. The number of carbonyl (C=O) groups excluding carboxylic acids is 1. The Labute approximate surface area is 169 Å². The van der Waals surface area contributed by atoms with Crippen LogP contribution in [0, 0.1) is 5.41 Å². The summed E-state index contributed by atoms with van der Waals surface area (Å²) in [5.41, 5.74) is 3.35. The summed E-state index contributed by atoms with van der Waals surface area (Å²) in [4.78, 5) is 12.0. The lowest BCUT2D eigenvalue weighted by atomic mass is 9.88. The fourth-order valence-corrected chi connectivity index (χ4v) is 3.08. The van der Waals surface area contributed by atoms with Gasteiger partial charge in [-0.05, 0) is 47.9 Å². The highest BCUT2D eigenvalue weighted by atomic mass is 16.5. The second-order valence-electron chi connectivity index (χ2n) is 8.34. The Kier molecular flexibility index (Phi) is 8.52. The van der Waals surface area contributed by atoms with Crippen LogP contribution in [0.2, 0.25) is 0 Å². The summed E-state index contributed by atoms with van der Waals surface area (Å²) in [5.74, 6) is 0. The highest BCUT2D eigenvalue weighted by Crippen LogP contribution is 2.24. The molecule has 4 heteroatoms. The number of urea groups is 1. The summed E-state index contributed by atoms with van der Waals surface area (Å²) < 4.78 is 5.95. The monoisotopic (exact) mass is 382 g/mol. The number of nitrogens with one attached hydrogen (secondary N) is 2. The van der Waals surface area contributed by atoms with Gasteiger partial charge in [-0.2, -0.15) is 0 Å². The van der Waals surface area contributed by atoms with Gasteiger partial charge in [-0.3, -0.25) is 0 Å². The molecular weight excluding hydrogens is 348 g/mol. The van der Waals surface area contributed by atoms with Crippen molar-refractivity contribution in [2.75, 3.05) is 18.5 Å². The van der Waals surface area contributed by atoms with E-state index in [1.54, 1.807) is 0 Å². The molecule has 2 N–H and O–H groups in total. The molecule has 0 aliphatic carbocycles. The fourth-order valence-electron chi connectivity index (χ4n) is 3.08. The van der Waals surface area contributed by atoms with Gasteiger partial charge in [0.1, 0.15) is 0 Å². The molecule has 0 spiro atoms. The van der Waals surface area contributed by atoms with Crippen LogP contribution >= 0.6 is 0 Å². The molecule has 28 heavy (non-hydrogen) atoms. The van der Waals surface area contributed by atoms with E-state index in [0.717, 1.165) is 36.1 Å². The van der Waals surface area contributed by atoms with Gasteiger partial charge in [-0.15, -0.1) is 0 Å². The number of amides is 2. The van der Waals surface area contributed by atoms with Crippen LogP contribution in [0.15, 0.2) is 54.6 Å². The summed E-state index contributed by atoms with van der Waals surface area (Å²) in [6.45, 7) is 10.1. The first-order chi connectivity index (χ1) is 13.4. The van der Waals surface area contributed by atoms with Crippen LogP contribution in [0.3, 0.4) is 0 Å². The fraction of sp³-hybridized carbons (Fsp3) is 0.458. The average molecular weight is 383 g/mol. The first-order valence-electron chi connectivity index (χ1n) is 10.2. The number of hydrogen-bond acceptors (Lipinski definition) is 2. The Morgan fingerprint density at radius 3 is 2.25 bits per heavy atom. The van der Waals surface area contributed by atoms with E-state index in [0.29, 0.717) is 13.2 Å². The minimum atomic E-state index is -0.186. The summed E-state index contributed by atoms with van der Waals surface area (Å²) in [6, 6.07) is 17.9. The predicted octanol–water partition coefficient (Wildman–Crippen LogP) is 6.10. The van der Waals surface area contributed by atoms with Gasteiger partial charge in [0.2, 0.25) is 0 Å². The molecule has 0 aliphatic rings. The number of carbonyl (C=O) groups is 1. The van der Waals surface area contributed by atoms with Gasteiger partial charge in [-0.25, -0.2) is 4.79 Å². The predicted molar refractivity (Wildman–Crippen MR) is 118 cm³/mol. The third-order valence-corrected chi connectivity index (χ3v) is 4.51. The van der Waals surface area contributed by atoms with Crippen LogP contribution in [0.4, 0.5) is 10.5 Å². The van der Waals surface area contributed by atoms with Gasteiger partial charge in [-0.1, -0.05) is 70.2 Å². The maximum atomic E-state index is 12.0. The molecular formula is C24H34N2O2. The van der Waals surface area contributed by atoms with Crippen LogP contribution in [-0.4, -0.2) is 25.3 Å². The van der Waals surface area contributed by atoms with Gasteiger partial charge >= 0.3 is 6.03 Å². The molecule has 2 aromatic carbocycles. The molecule has 152 valence electrons. The van der Waals surface area contributed by atoms with Crippen molar-refractivity contribution in [3.63, 3.8) is 0 Å². The lowest BCUT2D eigenvalue weighted by Gasteiger charge is -2.25. The molecule has 0 saturated heterocycles. The molecule has 2 amide bonds. The largest absolute Gasteiger partial charge is 0.378 e. The molecule has 4 nitrogen and oxygen atoms in total. The summed E-state index contributed by atoms with van der Waals surface area (Å²) in [6.07, 6.45) is 3.17. The van der Waals surface area contributed by atoms with Crippen molar-refractivity contribution in [2.45, 2.75) is 53.1 Å². The standard InChI is InChI=1S/C24H34N2O2/c1-5-22(18-24(2,3)4)28-17-9-16-25-23(27)26-21-14-12-20(13-15-21)19-10-7-6-8-11-19/h6-8,10-15,22H,5,9,16-18H2,1-4H3,(H2,25,26,27). The molecule has 1 unspecified atom stereocenters. The molecule has 0 saturated carbocycles. The second kappa shape index (κ2) is 10.9. The van der Waals surface area contributed by atoms with E-state index >= 15 is 0 Å². The van der Waals surface area contributed by atoms with Crippen LogP contribution in [0.25, 0.3) is 11.1 Å². The van der Waals surface area contributed by atoms with Crippen LogP contribution in [0.1, 0.15) is 47.0 Å². The van der Waals surface area contributed by atoms with E-state index in [1.807, 2.05) is 42.5 Å². The first-order valence-corrected chi connectivity index (χ1v) is 10.2. The van der Waals surface area contributed by atoms with Gasteiger partial charge in [0, 0.05) is 18.8 Å². The molecule has 0 radical (unpaired) electrons. The molecule has 0 heterocycles. The van der Waals surface area contributed by atoms with E-state index in [1.165, 1.54) is 0 Å². The normalized spacial score (nSPS) is 12.4. The van der Waals surface area contributed by atoms with Crippen molar-refractivity contribution in [1.82, 2.24) is 5.32 Å². The van der Waals surface area contributed by atoms with E-state index in [9.17, 15) is 4.79 Å². The van der Waals surface area contributed by atoms with Crippen molar-refractivity contribution in [1.29, 1.82) is 0 Å². The Bertz CT molecular complexity index is 706. The zero-order valence-electron chi connectivity index (χ0n) is 17.6. The Balaban J connectivity index is 1.67. The van der Waals surface area contributed by atoms with Gasteiger partial charge in [0.25, 0.3) is 0 Å². The second-order valence-corrected chi connectivity index (χ2v) is 8.34. The van der Waals surface area contributed by atoms with Crippen molar-refractivity contribution < 1.29 is 9.53 Å². The molecule has 0 aromatic heterocycles. The van der Waals surface area contributed by atoms with E-state index in [2.05, 4.69) is 50.5 Å². The molecule has 2 rings (SSSR count).